The molecule has 0 bridgehead atoms. The van der Waals surface area contributed by atoms with Gasteiger partial charge in [-0.15, -0.1) is 0 Å². The van der Waals surface area contributed by atoms with Crippen molar-refractivity contribution in [3.05, 3.63) is 52.4 Å². The van der Waals surface area contributed by atoms with Crippen LogP contribution in [0.2, 0.25) is 0 Å². The van der Waals surface area contributed by atoms with Gasteiger partial charge in [-0.05, 0) is 51.1 Å². The molecule has 1 aliphatic rings. The lowest BCUT2D eigenvalue weighted by atomic mass is 10.2. The minimum Gasteiger partial charge on any atom is -0.444 e. The van der Waals surface area contributed by atoms with Crippen molar-refractivity contribution in [3.8, 4) is 0 Å². The normalized spacial score (nSPS) is 14.4. The summed E-state index contributed by atoms with van der Waals surface area (Å²) in [6, 6.07) is 7.76. The number of nitrogens with one attached hydrogen (secondary N) is 1. The van der Waals surface area contributed by atoms with Gasteiger partial charge in [0, 0.05) is 30.7 Å². The second kappa shape index (κ2) is 8.99. The van der Waals surface area contributed by atoms with Gasteiger partial charge >= 0.3 is 6.09 Å². The number of hydrogen-bond donors (Lipinski definition) is 1. The number of aromatic nitrogens is 1. The quantitative estimate of drug-likeness (QED) is 0.711. The average molecular weight is 479 g/mol. The molecular formula is C21H24BrFN4O3. The van der Waals surface area contributed by atoms with E-state index >= 15 is 0 Å². The first kappa shape index (κ1) is 22.0. The van der Waals surface area contributed by atoms with Gasteiger partial charge in [0.15, 0.2) is 0 Å². The molecule has 2 heterocycles. The molecule has 2 aromatic rings. The maximum atomic E-state index is 13.9. The molecule has 1 aromatic heterocycles. The van der Waals surface area contributed by atoms with Gasteiger partial charge in [0.2, 0.25) is 0 Å². The summed E-state index contributed by atoms with van der Waals surface area (Å²) >= 11 is 3.16. The molecule has 30 heavy (non-hydrogen) atoms. The van der Waals surface area contributed by atoms with E-state index in [9.17, 15) is 14.0 Å². The first-order valence-electron chi connectivity index (χ1n) is 9.58. The van der Waals surface area contributed by atoms with Crippen LogP contribution in [0.15, 0.2) is 41.0 Å². The van der Waals surface area contributed by atoms with Crippen LogP contribution in [0.25, 0.3) is 0 Å². The lowest BCUT2D eigenvalue weighted by molar-refractivity contribution is 0.0240. The number of amides is 2. The van der Waals surface area contributed by atoms with Crippen molar-refractivity contribution in [2.24, 2.45) is 0 Å². The Balaban J connectivity index is 1.56. The molecule has 0 unspecified atom stereocenters. The molecule has 0 atom stereocenters. The fourth-order valence-electron chi connectivity index (χ4n) is 2.98. The number of rotatable bonds is 3. The lowest BCUT2D eigenvalue weighted by Crippen LogP contribution is -2.50. The number of piperazine rings is 1. The third kappa shape index (κ3) is 5.69. The molecule has 9 heteroatoms. The Kier molecular flexibility index (Phi) is 6.60. The molecule has 0 saturated carbocycles. The van der Waals surface area contributed by atoms with Crippen LogP contribution in [0.5, 0.6) is 0 Å². The molecular weight excluding hydrogens is 455 g/mol. The first-order valence-corrected chi connectivity index (χ1v) is 10.4. The summed E-state index contributed by atoms with van der Waals surface area (Å²) in [7, 11) is 0. The number of nitrogens with zero attached hydrogens (tertiary/aromatic N) is 3. The van der Waals surface area contributed by atoms with Crippen LogP contribution in [-0.4, -0.2) is 53.7 Å². The molecule has 1 N–H and O–H groups in total. The molecule has 1 fully saturated rings. The number of anilines is 2. The topological polar surface area (TPSA) is 74.8 Å². The van der Waals surface area contributed by atoms with Gasteiger partial charge in [0.05, 0.1) is 17.4 Å². The van der Waals surface area contributed by atoms with Crippen LogP contribution < -0.4 is 10.2 Å². The summed E-state index contributed by atoms with van der Waals surface area (Å²) < 4.78 is 19.9. The standard InChI is InChI=1S/C21H24BrFN4O3/c1-21(2,3)30-20(29)27-10-8-26(9-11-27)15-5-7-18(24-13-15)25-19(28)16-6-4-14(22)12-17(16)23/h4-7,12-13H,8-11H2,1-3H3,(H,24,25,28). The Morgan fingerprint density at radius 1 is 1.13 bits per heavy atom. The summed E-state index contributed by atoms with van der Waals surface area (Å²) in [5.74, 6) is -0.842. The van der Waals surface area contributed by atoms with Crippen LogP contribution in [0.1, 0.15) is 31.1 Å². The fraction of sp³-hybridized carbons (Fsp3) is 0.381. The van der Waals surface area contributed by atoms with Crippen molar-refractivity contribution in [2.45, 2.75) is 26.4 Å². The van der Waals surface area contributed by atoms with Crippen LogP contribution in [-0.2, 0) is 4.74 Å². The zero-order chi connectivity index (χ0) is 21.9. The highest BCUT2D eigenvalue weighted by atomic mass is 79.9. The maximum absolute atomic E-state index is 13.9. The number of halogens is 2. The predicted octanol–water partition coefficient (Wildman–Crippen LogP) is 4.29. The minimum absolute atomic E-state index is 0.0534. The predicted molar refractivity (Wildman–Crippen MR) is 116 cm³/mol. The summed E-state index contributed by atoms with van der Waals surface area (Å²) in [5.41, 5.74) is 0.311. The van der Waals surface area contributed by atoms with Gasteiger partial charge in [-0.2, -0.15) is 0 Å². The average Bonchev–Trinajstić information content (AvgIpc) is 2.67. The van der Waals surface area contributed by atoms with Gasteiger partial charge < -0.3 is 19.9 Å². The molecule has 0 radical (unpaired) electrons. The molecule has 7 nitrogen and oxygen atoms in total. The largest absolute Gasteiger partial charge is 0.444 e. The Morgan fingerprint density at radius 3 is 2.40 bits per heavy atom. The van der Waals surface area contributed by atoms with Crippen molar-refractivity contribution >= 4 is 39.4 Å². The zero-order valence-corrected chi connectivity index (χ0v) is 18.7. The van der Waals surface area contributed by atoms with E-state index in [0.717, 1.165) is 5.69 Å². The Morgan fingerprint density at radius 2 is 1.83 bits per heavy atom. The lowest BCUT2D eigenvalue weighted by Gasteiger charge is -2.36. The van der Waals surface area contributed by atoms with Crippen LogP contribution in [0.4, 0.5) is 20.7 Å². The zero-order valence-electron chi connectivity index (χ0n) is 17.1. The molecule has 160 valence electrons. The number of carbonyl (C=O) groups excluding carboxylic acids is 2. The number of benzene rings is 1. The summed E-state index contributed by atoms with van der Waals surface area (Å²) in [6.45, 7) is 7.94. The second-order valence-corrected chi connectivity index (χ2v) is 8.85. The van der Waals surface area contributed by atoms with Crippen molar-refractivity contribution in [1.82, 2.24) is 9.88 Å². The third-order valence-electron chi connectivity index (χ3n) is 4.46. The summed E-state index contributed by atoms with van der Waals surface area (Å²) in [6.07, 6.45) is 1.34. The maximum Gasteiger partial charge on any atom is 0.410 e. The Bertz CT molecular complexity index is 923. The van der Waals surface area contributed by atoms with Crippen LogP contribution >= 0.6 is 15.9 Å². The van der Waals surface area contributed by atoms with Crippen molar-refractivity contribution in [1.29, 1.82) is 0 Å². The van der Waals surface area contributed by atoms with Crippen molar-refractivity contribution in [3.63, 3.8) is 0 Å². The van der Waals surface area contributed by atoms with E-state index in [0.29, 0.717) is 36.5 Å². The smallest absolute Gasteiger partial charge is 0.410 e. The van der Waals surface area contributed by atoms with E-state index in [2.05, 4.69) is 31.1 Å². The van der Waals surface area contributed by atoms with E-state index in [1.54, 1.807) is 23.2 Å². The van der Waals surface area contributed by atoms with Gasteiger partial charge in [0.1, 0.15) is 17.2 Å². The molecule has 0 spiro atoms. The van der Waals surface area contributed by atoms with E-state index in [1.807, 2.05) is 26.8 Å². The number of ether oxygens (including phenoxy) is 1. The van der Waals surface area contributed by atoms with Crippen LogP contribution in [0.3, 0.4) is 0 Å². The number of carbonyl (C=O) groups is 2. The SMILES string of the molecule is CC(C)(C)OC(=O)N1CCN(c2ccc(NC(=O)c3ccc(Br)cc3F)nc2)CC1. The van der Waals surface area contributed by atoms with E-state index in [1.165, 1.54) is 12.1 Å². The molecule has 1 aliphatic heterocycles. The number of hydrogen-bond acceptors (Lipinski definition) is 5. The van der Waals surface area contributed by atoms with Gasteiger partial charge in [0.25, 0.3) is 5.91 Å². The highest BCUT2D eigenvalue weighted by Crippen LogP contribution is 2.20. The number of pyridine rings is 1. The van der Waals surface area contributed by atoms with E-state index in [-0.39, 0.29) is 11.7 Å². The second-order valence-electron chi connectivity index (χ2n) is 7.93. The molecule has 1 saturated heterocycles. The monoisotopic (exact) mass is 478 g/mol. The van der Waals surface area contributed by atoms with Gasteiger partial charge in [-0.1, -0.05) is 15.9 Å². The van der Waals surface area contributed by atoms with Crippen molar-refractivity contribution < 1.29 is 18.7 Å². The van der Waals surface area contributed by atoms with Crippen LogP contribution in [0, 0.1) is 5.82 Å². The van der Waals surface area contributed by atoms with Gasteiger partial charge in [-0.25, -0.2) is 14.2 Å². The molecule has 3 rings (SSSR count). The van der Waals surface area contributed by atoms with Crippen molar-refractivity contribution in [2.75, 3.05) is 36.4 Å². The molecule has 1 aromatic carbocycles. The summed E-state index contributed by atoms with van der Waals surface area (Å²) in [4.78, 5) is 32.5. The minimum atomic E-state index is -0.610. The molecule has 2 amide bonds. The fourth-order valence-corrected chi connectivity index (χ4v) is 3.31. The highest BCUT2D eigenvalue weighted by molar-refractivity contribution is 9.10. The Labute approximate surface area is 183 Å². The van der Waals surface area contributed by atoms with E-state index < -0.39 is 17.3 Å². The van der Waals surface area contributed by atoms with E-state index in [4.69, 9.17) is 4.74 Å². The molecule has 0 aliphatic carbocycles. The first-order chi connectivity index (χ1) is 14.1. The Hall–Kier alpha value is -2.68. The third-order valence-corrected chi connectivity index (χ3v) is 4.95. The van der Waals surface area contributed by atoms with Gasteiger partial charge in [-0.3, -0.25) is 4.79 Å². The highest BCUT2D eigenvalue weighted by Gasteiger charge is 2.26. The summed E-state index contributed by atoms with van der Waals surface area (Å²) in [5, 5.41) is 2.60.